The summed E-state index contributed by atoms with van der Waals surface area (Å²) in [6, 6.07) is 21.9. The molecule has 4 aromatic rings. The summed E-state index contributed by atoms with van der Waals surface area (Å²) >= 11 is 0. The van der Waals surface area contributed by atoms with E-state index in [1.165, 1.54) is 0 Å². The lowest BCUT2D eigenvalue weighted by atomic mass is 10.1. The second-order valence-corrected chi connectivity index (χ2v) is 12.0. The lowest BCUT2D eigenvalue weighted by Gasteiger charge is -2.14. The number of nitrogens with one attached hydrogen (secondary N) is 1. The number of nitrogens with zero attached hydrogens (tertiary/aromatic N) is 4. The van der Waals surface area contributed by atoms with E-state index in [0.29, 0.717) is 49.2 Å². The van der Waals surface area contributed by atoms with Crippen molar-refractivity contribution < 1.29 is 17.9 Å². The third-order valence-electron chi connectivity index (χ3n) is 6.91. The number of sulfonamides is 1. The molecule has 220 valence electrons. The van der Waals surface area contributed by atoms with E-state index in [2.05, 4.69) is 20.3 Å². The summed E-state index contributed by atoms with van der Waals surface area (Å²) in [4.78, 5) is 19.2. The molecule has 0 aliphatic heterocycles. The predicted octanol–water partition coefficient (Wildman–Crippen LogP) is 5.14. The molecule has 42 heavy (non-hydrogen) atoms. The number of ether oxygens (including phenoxy) is 1. The third kappa shape index (κ3) is 7.96. The first kappa shape index (κ1) is 30.8. The van der Waals surface area contributed by atoms with E-state index in [1.54, 1.807) is 43.3 Å². The number of hydrogen-bond acceptors (Lipinski definition) is 7. The van der Waals surface area contributed by atoms with Crippen LogP contribution in [0.3, 0.4) is 0 Å². The molecule has 9 nitrogen and oxygen atoms in total. The number of anilines is 1. The zero-order valence-electron chi connectivity index (χ0n) is 24.3. The Hall–Kier alpha value is -4.20. The van der Waals surface area contributed by atoms with Crippen molar-refractivity contribution in [3.63, 3.8) is 0 Å². The Kier molecular flexibility index (Phi) is 10.3. The van der Waals surface area contributed by atoms with Crippen molar-refractivity contribution in [2.75, 3.05) is 32.0 Å². The van der Waals surface area contributed by atoms with Gasteiger partial charge in [-0.3, -0.25) is 9.52 Å². The van der Waals surface area contributed by atoms with Crippen molar-refractivity contribution in [1.82, 2.24) is 14.5 Å². The smallest absolute Gasteiger partial charge is 0.305 e. The number of esters is 1. The van der Waals surface area contributed by atoms with E-state index in [9.17, 15) is 13.2 Å². The van der Waals surface area contributed by atoms with Crippen molar-refractivity contribution in [2.24, 2.45) is 0 Å². The summed E-state index contributed by atoms with van der Waals surface area (Å²) in [7, 11) is 0.169. The fourth-order valence-electron chi connectivity index (χ4n) is 4.89. The molecule has 3 aromatic carbocycles. The van der Waals surface area contributed by atoms with Gasteiger partial charge < -0.3 is 14.2 Å². The zero-order chi connectivity index (χ0) is 30.1. The lowest BCUT2D eigenvalue weighted by Crippen LogP contribution is -2.17. The number of rotatable bonds is 14. The SMILES string of the molecule is CCOC(=O)CCCn1c(Cc2ccc(C#N)cc2)nc2cc(NS(=O)(=O)c3ccccc3CCCN(C)C)ccc21. The zero-order valence-corrected chi connectivity index (χ0v) is 25.2. The molecule has 0 spiro atoms. The highest BCUT2D eigenvalue weighted by atomic mass is 32.2. The summed E-state index contributed by atoms with van der Waals surface area (Å²) < 4.78 is 36.8. The maximum atomic E-state index is 13.5. The van der Waals surface area contributed by atoms with Gasteiger partial charge in [-0.15, -0.1) is 0 Å². The molecule has 10 heteroatoms. The molecule has 0 amide bonds. The van der Waals surface area contributed by atoms with E-state index in [-0.39, 0.29) is 17.3 Å². The van der Waals surface area contributed by atoms with Crippen LogP contribution in [0.2, 0.25) is 0 Å². The van der Waals surface area contributed by atoms with Gasteiger partial charge in [0.1, 0.15) is 5.82 Å². The number of carbonyl (C=O) groups is 1. The topological polar surface area (TPSA) is 117 Å². The van der Waals surface area contributed by atoms with Gasteiger partial charge in [-0.2, -0.15) is 5.26 Å². The van der Waals surface area contributed by atoms with E-state index in [0.717, 1.165) is 35.4 Å². The van der Waals surface area contributed by atoms with Gasteiger partial charge in [-0.1, -0.05) is 30.3 Å². The van der Waals surface area contributed by atoms with Gasteiger partial charge >= 0.3 is 5.97 Å². The molecule has 0 unspecified atom stereocenters. The number of fused-ring (bicyclic) bond motifs is 1. The highest BCUT2D eigenvalue weighted by molar-refractivity contribution is 7.92. The second kappa shape index (κ2) is 14.1. The molecule has 0 aliphatic carbocycles. The Labute approximate surface area is 247 Å². The Bertz CT molecular complexity index is 1670. The number of carbonyl (C=O) groups excluding carboxylic acids is 1. The second-order valence-electron chi connectivity index (χ2n) is 10.4. The highest BCUT2D eigenvalue weighted by Crippen LogP contribution is 2.26. The summed E-state index contributed by atoms with van der Waals surface area (Å²) in [5.74, 6) is 0.541. The molecule has 0 bridgehead atoms. The number of benzene rings is 3. The summed E-state index contributed by atoms with van der Waals surface area (Å²) in [5, 5.41) is 9.14. The van der Waals surface area contributed by atoms with Crippen LogP contribution < -0.4 is 4.72 Å². The molecular formula is C32H37N5O4S. The maximum absolute atomic E-state index is 13.5. The fourth-order valence-corrected chi connectivity index (χ4v) is 6.21. The summed E-state index contributed by atoms with van der Waals surface area (Å²) in [5.41, 5.74) is 4.26. The van der Waals surface area contributed by atoms with E-state index >= 15 is 0 Å². The number of nitriles is 1. The minimum absolute atomic E-state index is 0.241. The number of hydrogen-bond donors (Lipinski definition) is 1. The molecule has 1 N–H and O–H groups in total. The van der Waals surface area contributed by atoms with Crippen LogP contribution in [0.5, 0.6) is 0 Å². The number of aromatic nitrogens is 2. The molecule has 1 heterocycles. The van der Waals surface area contributed by atoms with E-state index in [4.69, 9.17) is 15.0 Å². The molecule has 0 radical (unpaired) electrons. The Morgan fingerprint density at radius 2 is 1.83 bits per heavy atom. The van der Waals surface area contributed by atoms with Crippen LogP contribution in [-0.2, 0) is 38.9 Å². The third-order valence-corrected chi connectivity index (χ3v) is 8.39. The predicted molar refractivity (Wildman–Crippen MR) is 164 cm³/mol. The van der Waals surface area contributed by atoms with Crippen LogP contribution in [0, 0.1) is 11.3 Å². The van der Waals surface area contributed by atoms with Gasteiger partial charge in [-0.05, 0) is 94.4 Å². The molecule has 0 saturated heterocycles. The molecule has 0 atom stereocenters. The number of imidazole rings is 1. The van der Waals surface area contributed by atoms with Crippen LogP contribution in [0.1, 0.15) is 48.7 Å². The van der Waals surface area contributed by atoms with Crippen LogP contribution >= 0.6 is 0 Å². The van der Waals surface area contributed by atoms with Crippen molar-refractivity contribution >= 4 is 32.7 Å². The minimum atomic E-state index is -3.83. The Balaban J connectivity index is 1.61. The quantitative estimate of drug-likeness (QED) is 0.203. The summed E-state index contributed by atoms with van der Waals surface area (Å²) in [6.07, 6.45) is 2.88. The van der Waals surface area contributed by atoms with Crippen LogP contribution in [-0.4, -0.2) is 56.1 Å². The van der Waals surface area contributed by atoms with Gasteiger partial charge in [0.2, 0.25) is 0 Å². The van der Waals surface area contributed by atoms with Crippen molar-refractivity contribution in [3.8, 4) is 6.07 Å². The van der Waals surface area contributed by atoms with Gasteiger partial charge in [0, 0.05) is 19.4 Å². The Morgan fingerprint density at radius 3 is 2.55 bits per heavy atom. The van der Waals surface area contributed by atoms with Gasteiger partial charge in [-0.25, -0.2) is 13.4 Å². The molecule has 4 rings (SSSR count). The minimum Gasteiger partial charge on any atom is -0.466 e. The molecule has 1 aromatic heterocycles. The van der Waals surface area contributed by atoms with Crippen LogP contribution in [0.4, 0.5) is 5.69 Å². The Morgan fingerprint density at radius 1 is 1.07 bits per heavy atom. The summed E-state index contributed by atoms with van der Waals surface area (Å²) in [6.45, 7) is 3.54. The molecule has 0 saturated carbocycles. The fraction of sp³-hybridized carbons (Fsp3) is 0.344. The maximum Gasteiger partial charge on any atom is 0.305 e. The molecular weight excluding hydrogens is 550 g/mol. The van der Waals surface area contributed by atoms with Gasteiger partial charge in [0.05, 0.1) is 39.9 Å². The largest absolute Gasteiger partial charge is 0.466 e. The average molecular weight is 588 g/mol. The van der Waals surface area contributed by atoms with E-state index in [1.807, 2.05) is 44.4 Å². The van der Waals surface area contributed by atoms with Crippen LogP contribution in [0.15, 0.2) is 71.6 Å². The molecule has 0 fully saturated rings. The monoisotopic (exact) mass is 587 g/mol. The van der Waals surface area contributed by atoms with Gasteiger partial charge in [0.25, 0.3) is 10.0 Å². The standard InChI is InChI=1S/C32H37N5O4S/c1-4-41-32(38)12-8-20-37-29-18-17-27(22-28(29)34-31(37)21-24-13-15-25(23-33)16-14-24)35-42(39,40)30-11-6-5-9-26(30)10-7-19-36(2)3/h5-6,9,11,13-18,22,35H,4,7-8,10,12,19-21H2,1-3H3. The lowest BCUT2D eigenvalue weighted by molar-refractivity contribution is -0.143. The van der Waals surface area contributed by atoms with E-state index < -0.39 is 10.0 Å². The average Bonchev–Trinajstić information content (AvgIpc) is 3.29. The van der Waals surface area contributed by atoms with Crippen LogP contribution in [0.25, 0.3) is 11.0 Å². The van der Waals surface area contributed by atoms with Crippen molar-refractivity contribution in [1.29, 1.82) is 5.26 Å². The van der Waals surface area contributed by atoms with Gasteiger partial charge in [0.15, 0.2) is 0 Å². The number of aryl methyl sites for hydroxylation is 2. The first-order valence-corrected chi connectivity index (χ1v) is 15.6. The highest BCUT2D eigenvalue weighted by Gasteiger charge is 2.20. The van der Waals surface area contributed by atoms with Crippen molar-refractivity contribution in [3.05, 3.63) is 89.2 Å². The normalized spacial score (nSPS) is 11.5. The first-order chi connectivity index (χ1) is 20.2. The first-order valence-electron chi connectivity index (χ1n) is 14.1. The van der Waals surface area contributed by atoms with Crippen molar-refractivity contribution in [2.45, 2.75) is 50.5 Å². The molecule has 0 aliphatic rings.